The first-order valence-electron chi connectivity index (χ1n) is 7.09. The van der Waals surface area contributed by atoms with Gasteiger partial charge in [-0.1, -0.05) is 13.8 Å². The maximum Gasteiger partial charge on any atom is 0.308 e. The molecule has 0 radical (unpaired) electrons. The molecule has 2 N–H and O–H groups in total. The van der Waals surface area contributed by atoms with E-state index < -0.39 is 16.0 Å². The molecule has 0 amide bonds. The van der Waals surface area contributed by atoms with Gasteiger partial charge in [0.05, 0.1) is 6.42 Å². The Morgan fingerprint density at radius 2 is 1.90 bits per heavy atom. The van der Waals surface area contributed by atoms with E-state index in [1.807, 2.05) is 0 Å². The summed E-state index contributed by atoms with van der Waals surface area (Å²) in [5, 5.41) is 8.74. The van der Waals surface area contributed by atoms with Crippen LogP contribution in [0.2, 0.25) is 0 Å². The Kier molecular flexibility index (Phi) is 5.06. The molecule has 0 aromatic carbocycles. The van der Waals surface area contributed by atoms with Crippen LogP contribution in [0.1, 0.15) is 38.0 Å². The molecule has 1 fully saturated rings. The number of nitrogens with one attached hydrogen (secondary N) is 1. The zero-order valence-corrected chi connectivity index (χ0v) is 13.8. The zero-order valence-electron chi connectivity index (χ0n) is 12.2. The number of carboxylic acids is 1. The fraction of sp³-hybridized carbons (Fsp3) is 0.643. The Labute approximate surface area is 129 Å². The van der Waals surface area contributed by atoms with Gasteiger partial charge in [0.2, 0.25) is 10.0 Å². The summed E-state index contributed by atoms with van der Waals surface area (Å²) in [5.41, 5.74) is 0. The van der Waals surface area contributed by atoms with Crippen LogP contribution >= 0.6 is 11.3 Å². The average molecular weight is 331 g/mol. The number of carboxylic acid groups (broad SMARTS) is 1. The first-order chi connectivity index (χ1) is 9.76. The Hall–Kier alpha value is -0.920. The molecule has 1 aliphatic carbocycles. The summed E-state index contributed by atoms with van der Waals surface area (Å²) in [6.45, 7) is 4.29. The standard InChI is InChI=1S/C14H21NO4S2/c1-9-5-10(2)7-11(6-9)15-21(18,19)14-4-3-12(20-14)8-13(16)17/h3-4,9-11,15H,5-8H2,1-2H3,(H,16,17). The maximum atomic E-state index is 12.4. The summed E-state index contributed by atoms with van der Waals surface area (Å²) in [5.74, 6) is 0.0865. The minimum absolute atomic E-state index is 0.0289. The highest BCUT2D eigenvalue weighted by molar-refractivity contribution is 7.91. The van der Waals surface area contributed by atoms with Crippen LogP contribution in [0, 0.1) is 11.8 Å². The topological polar surface area (TPSA) is 83.5 Å². The molecule has 0 saturated heterocycles. The van der Waals surface area contributed by atoms with Gasteiger partial charge in [-0.25, -0.2) is 13.1 Å². The lowest BCUT2D eigenvalue weighted by atomic mass is 9.81. The van der Waals surface area contributed by atoms with Gasteiger partial charge in [0.25, 0.3) is 0 Å². The summed E-state index contributed by atoms with van der Waals surface area (Å²) in [7, 11) is -3.55. The van der Waals surface area contributed by atoms with Crippen molar-refractivity contribution >= 4 is 27.3 Å². The smallest absolute Gasteiger partial charge is 0.308 e. The lowest BCUT2D eigenvalue weighted by molar-refractivity contribution is -0.136. The predicted molar refractivity (Wildman–Crippen MR) is 81.9 cm³/mol. The molecular formula is C14H21NO4S2. The number of hydrogen-bond donors (Lipinski definition) is 2. The van der Waals surface area contributed by atoms with Crippen molar-refractivity contribution in [2.24, 2.45) is 11.8 Å². The van der Waals surface area contributed by atoms with E-state index in [4.69, 9.17) is 5.11 Å². The van der Waals surface area contributed by atoms with Gasteiger partial charge < -0.3 is 5.11 Å². The van der Waals surface area contributed by atoms with Crippen molar-refractivity contribution in [1.82, 2.24) is 4.72 Å². The molecule has 1 saturated carbocycles. The number of hydrogen-bond acceptors (Lipinski definition) is 4. The van der Waals surface area contributed by atoms with Gasteiger partial charge in [-0.15, -0.1) is 11.3 Å². The van der Waals surface area contributed by atoms with Crippen molar-refractivity contribution in [3.8, 4) is 0 Å². The van der Waals surface area contributed by atoms with Crippen LogP contribution < -0.4 is 4.72 Å². The monoisotopic (exact) mass is 331 g/mol. The van der Waals surface area contributed by atoms with Crippen LogP contribution in [0.4, 0.5) is 0 Å². The van der Waals surface area contributed by atoms with E-state index in [1.165, 1.54) is 6.07 Å². The van der Waals surface area contributed by atoms with Crippen molar-refractivity contribution in [3.05, 3.63) is 17.0 Å². The van der Waals surface area contributed by atoms with Crippen LogP contribution in [0.3, 0.4) is 0 Å². The third-order valence-electron chi connectivity index (χ3n) is 3.73. The van der Waals surface area contributed by atoms with Crippen molar-refractivity contribution in [1.29, 1.82) is 0 Å². The first kappa shape index (κ1) is 16.5. The molecule has 118 valence electrons. The second-order valence-electron chi connectivity index (χ2n) is 6.03. The van der Waals surface area contributed by atoms with Crippen LogP contribution in [-0.4, -0.2) is 25.5 Å². The maximum absolute atomic E-state index is 12.4. The molecule has 1 aliphatic rings. The van der Waals surface area contributed by atoms with Gasteiger partial charge >= 0.3 is 5.97 Å². The van der Waals surface area contributed by atoms with Gasteiger partial charge in [-0.3, -0.25) is 4.79 Å². The van der Waals surface area contributed by atoms with E-state index in [0.29, 0.717) is 16.7 Å². The largest absolute Gasteiger partial charge is 0.481 e. The van der Waals surface area contributed by atoms with E-state index in [9.17, 15) is 13.2 Å². The normalized spacial score (nSPS) is 26.7. The fourth-order valence-corrected chi connectivity index (χ4v) is 5.69. The molecule has 5 nitrogen and oxygen atoms in total. The molecule has 7 heteroatoms. The van der Waals surface area contributed by atoms with Gasteiger partial charge in [-0.05, 0) is 43.2 Å². The van der Waals surface area contributed by atoms with E-state index in [0.717, 1.165) is 30.6 Å². The average Bonchev–Trinajstić information content (AvgIpc) is 2.74. The molecule has 0 aliphatic heterocycles. The Bertz CT molecular complexity index is 598. The van der Waals surface area contributed by atoms with E-state index in [-0.39, 0.29) is 16.7 Å². The number of aliphatic carboxylic acids is 1. The summed E-state index contributed by atoms with van der Waals surface area (Å²) < 4.78 is 27.7. The van der Waals surface area contributed by atoms with Gasteiger partial charge in [0, 0.05) is 10.9 Å². The molecule has 2 rings (SSSR count). The Morgan fingerprint density at radius 1 is 1.29 bits per heavy atom. The SMILES string of the molecule is CC1CC(C)CC(NS(=O)(=O)c2ccc(CC(=O)O)s2)C1. The Balaban J connectivity index is 2.07. The molecule has 1 aromatic rings. The molecule has 2 atom stereocenters. The molecule has 0 spiro atoms. The zero-order chi connectivity index (χ0) is 15.6. The van der Waals surface area contributed by atoms with Crippen molar-refractivity contribution in [2.75, 3.05) is 0 Å². The second-order valence-corrected chi connectivity index (χ2v) is 9.14. The predicted octanol–water partition coefficient (Wildman–Crippen LogP) is 2.48. The molecule has 1 aromatic heterocycles. The number of rotatable bonds is 5. The van der Waals surface area contributed by atoms with Crippen molar-refractivity contribution < 1.29 is 18.3 Å². The molecule has 0 bridgehead atoms. The molecular weight excluding hydrogens is 310 g/mol. The first-order valence-corrected chi connectivity index (χ1v) is 9.39. The lowest BCUT2D eigenvalue weighted by Gasteiger charge is -2.31. The highest BCUT2D eigenvalue weighted by Crippen LogP contribution is 2.30. The fourth-order valence-electron chi connectivity index (χ4n) is 3.07. The van der Waals surface area contributed by atoms with Crippen molar-refractivity contribution in [3.63, 3.8) is 0 Å². The highest BCUT2D eigenvalue weighted by Gasteiger charge is 2.28. The summed E-state index contributed by atoms with van der Waals surface area (Å²) in [6.07, 6.45) is 2.71. The summed E-state index contributed by atoms with van der Waals surface area (Å²) in [4.78, 5) is 11.2. The van der Waals surface area contributed by atoms with Crippen LogP contribution in [0.5, 0.6) is 0 Å². The number of carbonyl (C=O) groups is 1. The Morgan fingerprint density at radius 3 is 2.48 bits per heavy atom. The van der Waals surface area contributed by atoms with Crippen LogP contribution in [-0.2, 0) is 21.2 Å². The lowest BCUT2D eigenvalue weighted by Crippen LogP contribution is -2.39. The van der Waals surface area contributed by atoms with Crippen LogP contribution in [0.15, 0.2) is 16.3 Å². The summed E-state index contributed by atoms with van der Waals surface area (Å²) >= 11 is 1.03. The minimum atomic E-state index is -3.55. The molecule has 1 heterocycles. The molecule has 21 heavy (non-hydrogen) atoms. The van der Waals surface area contributed by atoms with E-state index in [1.54, 1.807) is 6.07 Å². The van der Waals surface area contributed by atoms with Gasteiger partial charge in [0.15, 0.2) is 0 Å². The van der Waals surface area contributed by atoms with Crippen molar-refractivity contribution in [2.45, 2.75) is 49.8 Å². The third-order valence-corrected chi connectivity index (χ3v) is 6.83. The van der Waals surface area contributed by atoms with Gasteiger partial charge in [0.1, 0.15) is 4.21 Å². The second kappa shape index (κ2) is 6.46. The molecule has 2 unspecified atom stereocenters. The third kappa shape index (κ3) is 4.52. The number of thiophene rings is 1. The summed E-state index contributed by atoms with van der Waals surface area (Å²) in [6, 6.07) is 3.03. The van der Waals surface area contributed by atoms with Crippen LogP contribution in [0.25, 0.3) is 0 Å². The van der Waals surface area contributed by atoms with E-state index in [2.05, 4.69) is 18.6 Å². The highest BCUT2D eigenvalue weighted by atomic mass is 32.2. The van der Waals surface area contributed by atoms with Gasteiger partial charge in [-0.2, -0.15) is 0 Å². The minimum Gasteiger partial charge on any atom is -0.481 e. The quantitative estimate of drug-likeness (QED) is 0.868. The van der Waals surface area contributed by atoms with E-state index >= 15 is 0 Å². The number of sulfonamides is 1.